The van der Waals surface area contributed by atoms with Crippen LogP contribution in [0.1, 0.15) is 40.4 Å². The summed E-state index contributed by atoms with van der Waals surface area (Å²) in [5, 5.41) is 2.79. The molecule has 0 saturated heterocycles. The van der Waals surface area contributed by atoms with Crippen molar-refractivity contribution in [2.24, 2.45) is 0 Å². The second-order valence-corrected chi connectivity index (χ2v) is 7.44. The molecule has 1 heterocycles. The zero-order valence-corrected chi connectivity index (χ0v) is 17.2. The Balaban J connectivity index is 1.29. The van der Waals surface area contributed by atoms with Crippen molar-refractivity contribution in [1.82, 2.24) is 10.3 Å². The highest BCUT2D eigenvalue weighted by Crippen LogP contribution is 2.44. The Morgan fingerprint density at radius 2 is 1.60 bits per heavy atom. The van der Waals surface area contributed by atoms with Crippen molar-refractivity contribution >= 4 is 6.09 Å². The number of ether oxygens (including phenoxy) is 1. The first-order chi connectivity index (χ1) is 14.6. The minimum absolute atomic E-state index is 0.0705. The lowest BCUT2D eigenvalue weighted by molar-refractivity contribution is 0.143. The molecule has 0 fully saturated rings. The summed E-state index contributed by atoms with van der Waals surface area (Å²) in [6, 6.07) is 20.5. The van der Waals surface area contributed by atoms with Gasteiger partial charge in [0.1, 0.15) is 6.61 Å². The fraction of sp³-hybridized carbons (Fsp3) is 0.231. The van der Waals surface area contributed by atoms with Crippen LogP contribution in [0.5, 0.6) is 0 Å². The van der Waals surface area contributed by atoms with Crippen molar-refractivity contribution in [3.05, 3.63) is 88.7 Å². The Labute approximate surface area is 177 Å². The SMILES string of the molecule is Cc1cc(C#CCCNC(=O)OCC2c3ccccc3-c3ccccc32)cc(C)n1. The fourth-order valence-corrected chi connectivity index (χ4v) is 3.95. The molecule has 1 aliphatic carbocycles. The predicted molar refractivity (Wildman–Crippen MR) is 118 cm³/mol. The van der Waals surface area contributed by atoms with Crippen molar-refractivity contribution in [3.63, 3.8) is 0 Å². The average Bonchev–Trinajstić information content (AvgIpc) is 3.05. The number of hydrogen-bond donors (Lipinski definition) is 1. The van der Waals surface area contributed by atoms with Gasteiger partial charge in [-0.05, 0) is 48.2 Å². The van der Waals surface area contributed by atoms with Gasteiger partial charge in [0, 0.05) is 35.8 Å². The average molecular weight is 396 g/mol. The van der Waals surface area contributed by atoms with Crippen LogP contribution in [0.25, 0.3) is 11.1 Å². The summed E-state index contributed by atoms with van der Waals surface area (Å²) in [5.74, 6) is 6.27. The van der Waals surface area contributed by atoms with Gasteiger partial charge in [0.2, 0.25) is 0 Å². The minimum Gasteiger partial charge on any atom is -0.449 e. The quantitative estimate of drug-likeness (QED) is 0.500. The number of carbonyl (C=O) groups excluding carboxylic acids is 1. The maximum atomic E-state index is 12.2. The van der Waals surface area contributed by atoms with Crippen molar-refractivity contribution in [2.75, 3.05) is 13.2 Å². The van der Waals surface area contributed by atoms with Crippen LogP contribution in [0.4, 0.5) is 4.79 Å². The number of benzene rings is 2. The Kier molecular flexibility index (Phi) is 5.81. The molecule has 0 saturated carbocycles. The van der Waals surface area contributed by atoms with Crippen molar-refractivity contribution in [2.45, 2.75) is 26.2 Å². The highest BCUT2D eigenvalue weighted by atomic mass is 16.5. The molecule has 4 rings (SSSR count). The van der Waals surface area contributed by atoms with E-state index >= 15 is 0 Å². The van der Waals surface area contributed by atoms with Crippen LogP contribution in [0.2, 0.25) is 0 Å². The van der Waals surface area contributed by atoms with Crippen LogP contribution < -0.4 is 5.32 Å². The molecule has 3 aromatic rings. The number of aromatic nitrogens is 1. The van der Waals surface area contributed by atoms with Crippen LogP contribution in [-0.4, -0.2) is 24.2 Å². The molecule has 0 atom stereocenters. The molecule has 30 heavy (non-hydrogen) atoms. The second-order valence-electron chi connectivity index (χ2n) is 7.44. The van der Waals surface area contributed by atoms with E-state index in [1.54, 1.807) is 0 Å². The van der Waals surface area contributed by atoms with Crippen LogP contribution in [0.3, 0.4) is 0 Å². The summed E-state index contributed by atoms with van der Waals surface area (Å²) in [7, 11) is 0. The molecule has 1 N–H and O–H groups in total. The number of alkyl carbamates (subject to hydrolysis) is 1. The number of pyridine rings is 1. The Morgan fingerprint density at radius 3 is 2.23 bits per heavy atom. The van der Waals surface area contributed by atoms with Gasteiger partial charge in [-0.2, -0.15) is 0 Å². The molecule has 0 spiro atoms. The number of hydrogen-bond acceptors (Lipinski definition) is 3. The number of carbonyl (C=O) groups is 1. The molecule has 0 bridgehead atoms. The third kappa shape index (κ3) is 4.36. The molecule has 0 unspecified atom stereocenters. The first-order valence-corrected chi connectivity index (χ1v) is 10.1. The normalized spacial score (nSPS) is 11.8. The summed E-state index contributed by atoms with van der Waals surface area (Å²) in [5.41, 5.74) is 7.71. The van der Waals surface area contributed by atoms with E-state index in [4.69, 9.17) is 4.74 Å². The lowest BCUT2D eigenvalue weighted by atomic mass is 9.98. The minimum atomic E-state index is -0.408. The predicted octanol–water partition coefficient (Wildman–Crippen LogP) is 4.98. The topological polar surface area (TPSA) is 51.2 Å². The smallest absolute Gasteiger partial charge is 0.407 e. The van der Waals surface area contributed by atoms with E-state index in [2.05, 4.69) is 46.4 Å². The molecule has 4 heteroatoms. The Morgan fingerprint density at radius 1 is 1.00 bits per heavy atom. The first kappa shape index (κ1) is 19.7. The van der Waals surface area contributed by atoms with Crippen molar-refractivity contribution < 1.29 is 9.53 Å². The zero-order chi connectivity index (χ0) is 20.9. The van der Waals surface area contributed by atoms with Gasteiger partial charge in [-0.1, -0.05) is 60.4 Å². The molecular weight excluding hydrogens is 372 g/mol. The van der Waals surface area contributed by atoms with Gasteiger partial charge in [-0.3, -0.25) is 4.98 Å². The summed E-state index contributed by atoms with van der Waals surface area (Å²) >= 11 is 0. The lowest BCUT2D eigenvalue weighted by Crippen LogP contribution is -2.26. The van der Waals surface area contributed by atoms with E-state index in [1.165, 1.54) is 22.3 Å². The van der Waals surface area contributed by atoms with E-state index in [0.717, 1.165) is 17.0 Å². The molecule has 150 valence electrons. The number of fused-ring (bicyclic) bond motifs is 3. The highest BCUT2D eigenvalue weighted by molar-refractivity contribution is 5.79. The highest BCUT2D eigenvalue weighted by Gasteiger charge is 2.28. The van der Waals surface area contributed by atoms with E-state index in [0.29, 0.717) is 19.6 Å². The van der Waals surface area contributed by atoms with E-state index in [9.17, 15) is 4.79 Å². The van der Waals surface area contributed by atoms with Crippen LogP contribution in [0.15, 0.2) is 60.7 Å². The van der Waals surface area contributed by atoms with E-state index in [1.807, 2.05) is 50.2 Å². The van der Waals surface area contributed by atoms with Gasteiger partial charge in [-0.25, -0.2) is 4.79 Å². The first-order valence-electron chi connectivity index (χ1n) is 10.1. The van der Waals surface area contributed by atoms with Crippen LogP contribution >= 0.6 is 0 Å². The van der Waals surface area contributed by atoms with Crippen molar-refractivity contribution in [3.8, 4) is 23.0 Å². The number of nitrogens with zero attached hydrogens (tertiary/aromatic N) is 1. The summed E-state index contributed by atoms with van der Waals surface area (Å²) < 4.78 is 5.53. The van der Waals surface area contributed by atoms with Gasteiger partial charge in [0.15, 0.2) is 0 Å². The molecule has 1 aliphatic rings. The molecule has 1 amide bonds. The van der Waals surface area contributed by atoms with Crippen LogP contribution in [0, 0.1) is 25.7 Å². The Hall–Kier alpha value is -3.58. The van der Waals surface area contributed by atoms with Gasteiger partial charge in [0.25, 0.3) is 0 Å². The summed E-state index contributed by atoms with van der Waals surface area (Å²) in [6.07, 6.45) is 0.152. The number of nitrogens with one attached hydrogen (secondary N) is 1. The third-order valence-corrected chi connectivity index (χ3v) is 5.18. The van der Waals surface area contributed by atoms with Gasteiger partial charge >= 0.3 is 6.09 Å². The maximum absolute atomic E-state index is 12.2. The zero-order valence-electron chi connectivity index (χ0n) is 17.2. The monoisotopic (exact) mass is 396 g/mol. The molecule has 4 nitrogen and oxygen atoms in total. The van der Waals surface area contributed by atoms with Crippen LogP contribution in [-0.2, 0) is 4.74 Å². The molecule has 1 aromatic heterocycles. The van der Waals surface area contributed by atoms with Gasteiger partial charge < -0.3 is 10.1 Å². The Bertz CT molecular complexity index is 1080. The van der Waals surface area contributed by atoms with Gasteiger partial charge in [0.05, 0.1) is 0 Å². The molecule has 2 aromatic carbocycles. The largest absolute Gasteiger partial charge is 0.449 e. The summed E-state index contributed by atoms with van der Waals surface area (Å²) in [4.78, 5) is 16.5. The lowest BCUT2D eigenvalue weighted by Gasteiger charge is -2.14. The molecule has 0 aliphatic heterocycles. The van der Waals surface area contributed by atoms with Gasteiger partial charge in [-0.15, -0.1) is 0 Å². The fourth-order valence-electron chi connectivity index (χ4n) is 3.95. The van der Waals surface area contributed by atoms with E-state index in [-0.39, 0.29) is 5.92 Å². The van der Waals surface area contributed by atoms with E-state index < -0.39 is 6.09 Å². The van der Waals surface area contributed by atoms with Crippen molar-refractivity contribution in [1.29, 1.82) is 0 Å². The summed E-state index contributed by atoms with van der Waals surface area (Å²) in [6.45, 7) is 4.68. The second kappa shape index (κ2) is 8.84. The standard InChI is InChI=1S/C26H24N2O2/c1-18-15-20(16-19(2)28-18)9-7-8-14-27-26(29)30-17-25-23-12-5-3-10-21(23)22-11-4-6-13-24(22)25/h3-6,10-13,15-16,25H,8,14,17H2,1-2H3,(H,27,29). The molecule has 0 radical (unpaired) electrons. The maximum Gasteiger partial charge on any atom is 0.407 e. The number of amides is 1. The number of rotatable bonds is 4. The third-order valence-electron chi connectivity index (χ3n) is 5.18. The number of aryl methyl sites for hydroxylation is 2. The molecular formula is C26H24N2O2.